The highest BCUT2D eigenvalue weighted by Crippen LogP contribution is 2.27. The Morgan fingerprint density at radius 3 is 2.58 bits per heavy atom. The van der Waals surface area contributed by atoms with E-state index in [1.807, 2.05) is 62.4 Å². The zero-order valence-electron chi connectivity index (χ0n) is 18.8. The molecule has 0 saturated carbocycles. The first kappa shape index (κ1) is 22.5. The summed E-state index contributed by atoms with van der Waals surface area (Å²) in [6.45, 7) is 6.79. The van der Waals surface area contributed by atoms with Crippen molar-refractivity contribution < 1.29 is 4.79 Å². The van der Waals surface area contributed by atoms with Crippen molar-refractivity contribution in [3.63, 3.8) is 0 Å². The molecule has 3 aromatic rings. The molecule has 0 fully saturated rings. The maximum atomic E-state index is 13.1. The Morgan fingerprint density at radius 1 is 1.06 bits per heavy atom. The topological polar surface area (TPSA) is 54.4 Å². The SMILES string of the molecule is CC1=NCC(C)C=C1c1ccc(Cl)c(C(=O)Nc2ncc(C#Cc3ccccc3)cc2C)c1. The van der Waals surface area contributed by atoms with Crippen LogP contribution in [0.1, 0.15) is 46.5 Å². The van der Waals surface area contributed by atoms with Gasteiger partial charge in [-0.1, -0.05) is 60.7 Å². The number of halogens is 1. The summed E-state index contributed by atoms with van der Waals surface area (Å²) in [7, 11) is 0. The normalized spacial score (nSPS) is 15.1. The molecule has 1 aromatic heterocycles. The van der Waals surface area contributed by atoms with Crippen molar-refractivity contribution in [2.24, 2.45) is 10.9 Å². The fourth-order valence-electron chi connectivity index (χ4n) is 3.61. The van der Waals surface area contributed by atoms with Gasteiger partial charge < -0.3 is 5.32 Å². The number of benzene rings is 2. The fourth-order valence-corrected chi connectivity index (χ4v) is 3.81. The lowest BCUT2D eigenvalue weighted by Crippen LogP contribution is -2.16. The minimum Gasteiger partial charge on any atom is -0.306 e. The zero-order chi connectivity index (χ0) is 23.4. The van der Waals surface area contributed by atoms with E-state index in [0.717, 1.165) is 40.1 Å². The number of amides is 1. The van der Waals surface area contributed by atoms with Crippen LogP contribution in [0.3, 0.4) is 0 Å². The van der Waals surface area contributed by atoms with E-state index >= 15 is 0 Å². The molecule has 164 valence electrons. The number of aliphatic imine (C=N–C) groups is 1. The van der Waals surface area contributed by atoms with Gasteiger partial charge in [0.25, 0.3) is 5.91 Å². The van der Waals surface area contributed by atoms with E-state index in [-0.39, 0.29) is 5.91 Å². The van der Waals surface area contributed by atoms with Gasteiger partial charge in [0, 0.05) is 29.6 Å². The van der Waals surface area contributed by atoms with Crippen LogP contribution >= 0.6 is 11.6 Å². The van der Waals surface area contributed by atoms with E-state index in [0.29, 0.717) is 22.3 Å². The fraction of sp³-hybridized carbons (Fsp3) is 0.179. The number of hydrogen-bond donors (Lipinski definition) is 1. The number of nitrogens with zero attached hydrogens (tertiary/aromatic N) is 2. The molecule has 1 unspecified atom stereocenters. The lowest BCUT2D eigenvalue weighted by molar-refractivity contribution is 0.102. The molecule has 1 atom stereocenters. The minimum absolute atomic E-state index is 0.306. The highest BCUT2D eigenvalue weighted by atomic mass is 35.5. The summed E-state index contributed by atoms with van der Waals surface area (Å²) >= 11 is 6.38. The van der Waals surface area contributed by atoms with Crippen molar-refractivity contribution in [3.05, 3.63) is 99.7 Å². The first-order chi connectivity index (χ1) is 15.9. The van der Waals surface area contributed by atoms with Crippen LogP contribution in [0.15, 0.2) is 71.9 Å². The molecular formula is C28H24ClN3O. The standard InChI is InChI=1S/C28H24ClN3O/c1-18-13-24(20(3)30-16-18)23-11-12-26(29)25(15-23)28(33)32-27-19(2)14-22(17-31-27)10-9-21-7-5-4-6-8-21/h4-8,11-15,17-18H,16H2,1-3H3,(H,31,32,33). The highest BCUT2D eigenvalue weighted by molar-refractivity contribution is 6.34. The van der Waals surface area contributed by atoms with E-state index in [1.165, 1.54) is 0 Å². The van der Waals surface area contributed by atoms with Crippen LogP contribution in [0, 0.1) is 24.7 Å². The van der Waals surface area contributed by atoms with Crippen molar-refractivity contribution in [1.29, 1.82) is 0 Å². The average Bonchev–Trinajstić information content (AvgIpc) is 2.82. The Labute approximate surface area is 199 Å². The Hall–Kier alpha value is -3.68. The molecule has 1 N–H and O–H groups in total. The van der Waals surface area contributed by atoms with Crippen molar-refractivity contribution in [2.45, 2.75) is 20.8 Å². The molecule has 4 nitrogen and oxygen atoms in total. The average molecular weight is 454 g/mol. The molecule has 0 bridgehead atoms. The number of aromatic nitrogens is 1. The van der Waals surface area contributed by atoms with Crippen LogP contribution in [0.4, 0.5) is 5.82 Å². The molecule has 2 heterocycles. The van der Waals surface area contributed by atoms with Crippen LogP contribution in [-0.4, -0.2) is 23.1 Å². The summed E-state index contributed by atoms with van der Waals surface area (Å²) in [6, 6.07) is 17.2. The molecule has 1 amide bonds. The van der Waals surface area contributed by atoms with E-state index in [9.17, 15) is 4.79 Å². The molecule has 0 aliphatic carbocycles. The first-order valence-electron chi connectivity index (χ1n) is 10.8. The first-order valence-corrected chi connectivity index (χ1v) is 11.2. The van der Waals surface area contributed by atoms with Crippen molar-refractivity contribution in [3.8, 4) is 11.8 Å². The summed E-state index contributed by atoms with van der Waals surface area (Å²) in [5, 5.41) is 3.27. The predicted molar refractivity (Wildman–Crippen MR) is 136 cm³/mol. The molecule has 0 saturated heterocycles. The summed E-state index contributed by atoms with van der Waals surface area (Å²) in [5.41, 5.74) is 5.86. The molecule has 33 heavy (non-hydrogen) atoms. The quantitative estimate of drug-likeness (QED) is 0.481. The smallest absolute Gasteiger partial charge is 0.258 e. The van der Waals surface area contributed by atoms with Gasteiger partial charge in [0.1, 0.15) is 5.82 Å². The second-order valence-corrected chi connectivity index (χ2v) is 8.55. The minimum atomic E-state index is -0.306. The number of dihydropyridines is 1. The molecule has 4 rings (SSSR count). The van der Waals surface area contributed by atoms with Gasteiger partial charge >= 0.3 is 0 Å². The molecule has 0 spiro atoms. The lowest BCUT2D eigenvalue weighted by atomic mass is 9.93. The number of carbonyl (C=O) groups excluding carboxylic acids is 1. The maximum absolute atomic E-state index is 13.1. The largest absolute Gasteiger partial charge is 0.306 e. The van der Waals surface area contributed by atoms with Crippen LogP contribution in [0.25, 0.3) is 5.57 Å². The Balaban J connectivity index is 1.55. The van der Waals surface area contributed by atoms with E-state index in [4.69, 9.17) is 11.6 Å². The summed E-state index contributed by atoms with van der Waals surface area (Å²) in [6.07, 6.45) is 3.85. The third-order valence-electron chi connectivity index (χ3n) is 5.41. The second kappa shape index (κ2) is 9.85. The van der Waals surface area contributed by atoms with Crippen LogP contribution in [-0.2, 0) is 0 Å². The molecule has 1 aliphatic heterocycles. The third-order valence-corrected chi connectivity index (χ3v) is 5.74. The van der Waals surface area contributed by atoms with Gasteiger partial charge in [0.05, 0.1) is 10.6 Å². The number of rotatable bonds is 3. The molecule has 0 radical (unpaired) electrons. The van der Waals surface area contributed by atoms with Crippen LogP contribution in [0.2, 0.25) is 5.02 Å². The third kappa shape index (κ3) is 5.39. The molecule has 5 heteroatoms. The summed E-state index contributed by atoms with van der Waals surface area (Å²) in [4.78, 5) is 22.0. The van der Waals surface area contributed by atoms with E-state index in [2.05, 4.69) is 40.1 Å². The van der Waals surface area contributed by atoms with Gasteiger partial charge in [-0.25, -0.2) is 4.98 Å². The number of pyridine rings is 1. The van der Waals surface area contributed by atoms with Crippen molar-refractivity contribution >= 4 is 34.6 Å². The van der Waals surface area contributed by atoms with Gasteiger partial charge in [-0.15, -0.1) is 0 Å². The second-order valence-electron chi connectivity index (χ2n) is 8.14. The number of carbonyl (C=O) groups is 1. The summed E-state index contributed by atoms with van der Waals surface area (Å²) < 4.78 is 0. The van der Waals surface area contributed by atoms with Gasteiger partial charge in [-0.05, 0) is 66.8 Å². The Morgan fingerprint density at radius 2 is 1.82 bits per heavy atom. The van der Waals surface area contributed by atoms with E-state index in [1.54, 1.807) is 12.3 Å². The summed E-state index contributed by atoms with van der Waals surface area (Å²) in [5.74, 6) is 6.76. The number of anilines is 1. The molecule has 2 aromatic carbocycles. The van der Waals surface area contributed by atoms with Gasteiger partial charge in [0.2, 0.25) is 0 Å². The predicted octanol–water partition coefficient (Wildman–Crippen LogP) is 6.19. The van der Waals surface area contributed by atoms with Gasteiger partial charge in [0.15, 0.2) is 0 Å². The molecule has 1 aliphatic rings. The van der Waals surface area contributed by atoms with Gasteiger partial charge in [-0.3, -0.25) is 9.79 Å². The Bertz CT molecular complexity index is 1330. The van der Waals surface area contributed by atoms with Crippen molar-refractivity contribution in [2.75, 3.05) is 11.9 Å². The number of aryl methyl sites for hydroxylation is 1. The number of allylic oxidation sites excluding steroid dienone is 1. The highest BCUT2D eigenvalue weighted by Gasteiger charge is 2.18. The number of nitrogens with one attached hydrogen (secondary N) is 1. The monoisotopic (exact) mass is 453 g/mol. The van der Waals surface area contributed by atoms with Crippen molar-refractivity contribution in [1.82, 2.24) is 4.98 Å². The maximum Gasteiger partial charge on any atom is 0.258 e. The number of hydrogen-bond acceptors (Lipinski definition) is 3. The van der Waals surface area contributed by atoms with Crippen LogP contribution in [0.5, 0.6) is 0 Å². The lowest BCUT2D eigenvalue weighted by Gasteiger charge is -2.17. The van der Waals surface area contributed by atoms with Gasteiger partial charge in [-0.2, -0.15) is 0 Å². The molecular weight excluding hydrogens is 430 g/mol. The van der Waals surface area contributed by atoms with E-state index < -0.39 is 0 Å². The van der Waals surface area contributed by atoms with Crippen LogP contribution < -0.4 is 5.32 Å². The zero-order valence-corrected chi connectivity index (χ0v) is 19.6. The Kier molecular flexibility index (Phi) is 6.72.